The van der Waals surface area contributed by atoms with E-state index in [1.54, 1.807) is 0 Å². The molecule has 0 radical (unpaired) electrons. The topological polar surface area (TPSA) is 21.6 Å². The predicted octanol–water partition coefficient (Wildman–Crippen LogP) is 1.42. The summed E-state index contributed by atoms with van der Waals surface area (Å²) in [5.74, 6) is 0. The third-order valence-electron chi connectivity index (χ3n) is 1.25. The van der Waals surface area contributed by atoms with Crippen LogP contribution >= 0.6 is 0 Å². The van der Waals surface area contributed by atoms with E-state index in [2.05, 4.69) is 19.0 Å². The molecular weight excluding hydrogens is 102 g/mol. The Morgan fingerprint density at radius 2 is 2.38 bits per heavy atom. The monoisotopic (exact) mass is 113 g/mol. The molecule has 1 heterocycles. The Bertz CT molecular complexity index is 107. The molecule has 0 saturated heterocycles. The SMILES string of the molecule is CC1(C)CC=NOC1. The minimum atomic E-state index is 0.307. The van der Waals surface area contributed by atoms with E-state index in [-0.39, 0.29) is 0 Å². The van der Waals surface area contributed by atoms with Gasteiger partial charge in [0.2, 0.25) is 0 Å². The van der Waals surface area contributed by atoms with Crippen LogP contribution in [0.15, 0.2) is 5.16 Å². The molecule has 1 aliphatic rings. The van der Waals surface area contributed by atoms with Crippen molar-refractivity contribution in [2.75, 3.05) is 6.61 Å². The van der Waals surface area contributed by atoms with E-state index in [0.29, 0.717) is 5.41 Å². The zero-order valence-electron chi connectivity index (χ0n) is 5.35. The first-order chi connectivity index (χ1) is 3.71. The Morgan fingerprint density at radius 1 is 1.62 bits per heavy atom. The van der Waals surface area contributed by atoms with Crippen molar-refractivity contribution < 1.29 is 4.84 Å². The molecule has 2 nitrogen and oxygen atoms in total. The summed E-state index contributed by atoms with van der Waals surface area (Å²) >= 11 is 0. The van der Waals surface area contributed by atoms with Crippen LogP contribution in [0.25, 0.3) is 0 Å². The van der Waals surface area contributed by atoms with Crippen molar-refractivity contribution >= 4 is 6.21 Å². The normalized spacial score (nSPS) is 24.8. The van der Waals surface area contributed by atoms with Gasteiger partial charge in [0.1, 0.15) is 6.61 Å². The lowest BCUT2D eigenvalue weighted by Crippen LogP contribution is -2.21. The van der Waals surface area contributed by atoms with Crippen molar-refractivity contribution in [1.82, 2.24) is 0 Å². The highest BCUT2D eigenvalue weighted by Crippen LogP contribution is 2.21. The molecule has 0 fully saturated rings. The van der Waals surface area contributed by atoms with Gasteiger partial charge in [-0.1, -0.05) is 19.0 Å². The third kappa shape index (κ3) is 1.22. The quantitative estimate of drug-likeness (QED) is 0.465. The van der Waals surface area contributed by atoms with Crippen molar-refractivity contribution in [3.63, 3.8) is 0 Å². The number of rotatable bonds is 0. The summed E-state index contributed by atoms with van der Waals surface area (Å²) < 4.78 is 0. The molecule has 1 rings (SSSR count). The van der Waals surface area contributed by atoms with E-state index in [9.17, 15) is 0 Å². The van der Waals surface area contributed by atoms with Gasteiger partial charge in [-0.3, -0.25) is 0 Å². The summed E-state index contributed by atoms with van der Waals surface area (Å²) in [6.07, 6.45) is 2.86. The van der Waals surface area contributed by atoms with Gasteiger partial charge in [0.05, 0.1) is 0 Å². The summed E-state index contributed by atoms with van der Waals surface area (Å²) in [6.45, 7) is 5.08. The van der Waals surface area contributed by atoms with E-state index in [1.165, 1.54) is 0 Å². The van der Waals surface area contributed by atoms with Crippen LogP contribution in [-0.4, -0.2) is 12.8 Å². The van der Waals surface area contributed by atoms with Gasteiger partial charge < -0.3 is 4.84 Å². The van der Waals surface area contributed by atoms with Crippen molar-refractivity contribution in [3.8, 4) is 0 Å². The van der Waals surface area contributed by atoms with Gasteiger partial charge >= 0.3 is 0 Å². The summed E-state index contributed by atoms with van der Waals surface area (Å²) in [7, 11) is 0. The molecule has 0 aromatic rings. The Hall–Kier alpha value is -0.530. The first kappa shape index (κ1) is 5.60. The largest absolute Gasteiger partial charge is 0.395 e. The maximum absolute atomic E-state index is 4.85. The first-order valence-corrected chi connectivity index (χ1v) is 2.84. The van der Waals surface area contributed by atoms with Crippen LogP contribution < -0.4 is 0 Å². The molecule has 0 unspecified atom stereocenters. The zero-order valence-corrected chi connectivity index (χ0v) is 5.35. The Balaban J connectivity index is 2.50. The van der Waals surface area contributed by atoms with Crippen LogP contribution in [0, 0.1) is 5.41 Å². The highest BCUT2D eigenvalue weighted by molar-refractivity contribution is 5.57. The Kier molecular flexibility index (Phi) is 1.24. The van der Waals surface area contributed by atoms with Crippen molar-refractivity contribution in [2.45, 2.75) is 20.3 Å². The molecule has 0 saturated carbocycles. The van der Waals surface area contributed by atoms with Gasteiger partial charge in [0.25, 0.3) is 0 Å². The summed E-state index contributed by atoms with van der Waals surface area (Å²) in [6, 6.07) is 0. The molecule has 0 amide bonds. The molecule has 0 atom stereocenters. The summed E-state index contributed by atoms with van der Waals surface area (Å²) in [5, 5.41) is 3.65. The summed E-state index contributed by atoms with van der Waals surface area (Å²) in [5.41, 5.74) is 0.307. The standard InChI is InChI=1S/C6H11NO/c1-6(2)3-4-7-8-5-6/h4H,3,5H2,1-2H3. The Morgan fingerprint density at radius 3 is 2.62 bits per heavy atom. The van der Waals surface area contributed by atoms with Crippen LogP contribution in [0.2, 0.25) is 0 Å². The predicted molar refractivity (Wildman–Crippen MR) is 32.8 cm³/mol. The number of hydrogen-bond donors (Lipinski definition) is 0. The average molecular weight is 113 g/mol. The second-order valence-electron chi connectivity index (χ2n) is 2.93. The average Bonchev–Trinajstić information content (AvgIpc) is 1.65. The molecule has 8 heavy (non-hydrogen) atoms. The van der Waals surface area contributed by atoms with Crippen molar-refractivity contribution in [1.29, 1.82) is 0 Å². The van der Waals surface area contributed by atoms with Crippen molar-refractivity contribution in [3.05, 3.63) is 0 Å². The highest BCUT2D eigenvalue weighted by Gasteiger charge is 2.19. The second-order valence-corrected chi connectivity index (χ2v) is 2.93. The molecular formula is C6H11NO. The molecule has 1 aliphatic heterocycles. The van der Waals surface area contributed by atoms with E-state index < -0.39 is 0 Å². The fourth-order valence-corrected chi connectivity index (χ4v) is 0.608. The molecule has 0 aromatic heterocycles. The smallest absolute Gasteiger partial charge is 0.122 e. The van der Waals surface area contributed by atoms with Gasteiger partial charge in [0.15, 0.2) is 0 Å². The molecule has 0 bridgehead atoms. The van der Waals surface area contributed by atoms with Crippen LogP contribution in [0.4, 0.5) is 0 Å². The molecule has 0 spiro atoms. The van der Waals surface area contributed by atoms with Gasteiger partial charge in [-0.2, -0.15) is 0 Å². The number of hydrogen-bond acceptors (Lipinski definition) is 2. The van der Waals surface area contributed by atoms with Gasteiger partial charge in [0, 0.05) is 11.6 Å². The van der Waals surface area contributed by atoms with Crippen molar-refractivity contribution in [2.24, 2.45) is 10.6 Å². The van der Waals surface area contributed by atoms with Crippen LogP contribution in [-0.2, 0) is 4.84 Å². The van der Waals surface area contributed by atoms with Gasteiger partial charge in [-0.05, 0) is 6.42 Å². The Labute approximate surface area is 49.5 Å². The molecule has 0 aliphatic carbocycles. The molecule has 2 heteroatoms. The van der Waals surface area contributed by atoms with Gasteiger partial charge in [-0.15, -0.1) is 0 Å². The lowest BCUT2D eigenvalue weighted by atomic mass is 9.91. The maximum Gasteiger partial charge on any atom is 0.122 e. The van der Waals surface area contributed by atoms with Crippen LogP contribution in [0.3, 0.4) is 0 Å². The lowest BCUT2D eigenvalue weighted by Gasteiger charge is -2.23. The first-order valence-electron chi connectivity index (χ1n) is 2.84. The highest BCUT2D eigenvalue weighted by atomic mass is 16.6. The van der Waals surface area contributed by atoms with Crippen LogP contribution in [0.1, 0.15) is 20.3 Å². The third-order valence-corrected chi connectivity index (χ3v) is 1.25. The molecule has 0 aromatic carbocycles. The molecule has 0 N–H and O–H groups in total. The maximum atomic E-state index is 4.85. The number of oxime groups is 1. The minimum Gasteiger partial charge on any atom is -0.395 e. The van der Waals surface area contributed by atoms with E-state index in [4.69, 9.17) is 4.84 Å². The lowest BCUT2D eigenvalue weighted by molar-refractivity contribution is 0.0576. The summed E-state index contributed by atoms with van der Waals surface area (Å²) in [4.78, 5) is 4.85. The minimum absolute atomic E-state index is 0.307. The zero-order chi connectivity index (χ0) is 6.04. The van der Waals surface area contributed by atoms with E-state index in [1.807, 2.05) is 6.21 Å². The molecule has 46 valence electrons. The van der Waals surface area contributed by atoms with E-state index >= 15 is 0 Å². The second kappa shape index (κ2) is 1.77. The fourth-order valence-electron chi connectivity index (χ4n) is 0.608. The fraction of sp³-hybridized carbons (Fsp3) is 0.833. The van der Waals surface area contributed by atoms with Crippen LogP contribution in [0.5, 0.6) is 0 Å². The van der Waals surface area contributed by atoms with E-state index in [0.717, 1.165) is 13.0 Å². The number of nitrogens with zero attached hydrogens (tertiary/aromatic N) is 1. The van der Waals surface area contributed by atoms with Gasteiger partial charge in [-0.25, -0.2) is 0 Å².